The Labute approximate surface area is 141 Å². The zero-order valence-electron chi connectivity index (χ0n) is 13.7. The van der Waals surface area contributed by atoms with Gasteiger partial charge in [0.15, 0.2) is 0 Å². The van der Waals surface area contributed by atoms with Crippen LogP contribution in [-0.4, -0.2) is 36.1 Å². The molecule has 7 nitrogen and oxygen atoms in total. The number of hydrogen-bond acceptors (Lipinski definition) is 4. The molecule has 8 heteroatoms. The third kappa shape index (κ3) is 4.30. The van der Waals surface area contributed by atoms with Gasteiger partial charge in [-0.25, -0.2) is 13.6 Å². The maximum absolute atomic E-state index is 12.3. The van der Waals surface area contributed by atoms with Gasteiger partial charge in [-0.15, -0.1) is 0 Å². The fourth-order valence-electron chi connectivity index (χ4n) is 2.16. The third-order valence-electron chi connectivity index (χ3n) is 3.76. The highest BCUT2D eigenvalue weighted by Crippen LogP contribution is 2.20. The molecular formula is C16H20N4O3S. The molecule has 0 bridgehead atoms. The van der Waals surface area contributed by atoms with Crippen molar-refractivity contribution in [2.24, 2.45) is 12.2 Å². The van der Waals surface area contributed by atoms with E-state index in [4.69, 9.17) is 5.14 Å². The first-order valence-corrected chi connectivity index (χ1v) is 8.79. The molecule has 0 aliphatic rings. The van der Waals surface area contributed by atoms with Gasteiger partial charge in [0.2, 0.25) is 15.9 Å². The standard InChI is InChI=1S/C16H20N4O3S/c1-12(14-5-7-15(8-6-14)24(17,22)23)20(3)16(21)9-4-13-10-18-19(2)11-13/h4-12H,1-3H3,(H2,17,22,23)/b9-4+/t12-/m0/s1. The van der Waals surface area contributed by atoms with Crippen molar-refractivity contribution in [2.45, 2.75) is 17.9 Å². The van der Waals surface area contributed by atoms with Gasteiger partial charge in [0.25, 0.3) is 0 Å². The lowest BCUT2D eigenvalue weighted by Gasteiger charge is -2.24. The molecular weight excluding hydrogens is 328 g/mol. The van der Waals surface area contributed by atoms with Crippen molar-refractivity contribution in [1.29, 1.82) is 0 Å². The van der Waals surface area contributed by atoms with Crippen LogP contribution in [0.25, 0.3) is 6.08 Å². The van der Waals surface area contributed by atoms with Crippen LogP contribution < -0.4 is 5.14 Å². The Morgan fingerprint density at radius 3 is 2.46 bits per heavy atom. The SMILES string of the molecule is C[C@@H](c1ccc(S(N)(=O)=O)cc1)N(C)C(=O)/C=C/c1cnn(C)c1. The topological polar surface area (TPSA) is 98.3 Å². The minimum Gasteiger partial charge on any atom is -0.335 e. The summed E-state index contributed by atoms with van der Waals surface area (Å²) in [6.07, 6.45) is 6.65. The highest BCUT2D eigenvalue weighted by Gasteiger charge is 2.16. The molecule has 0 aliphatic carbocycles. The molecule has 0 fully saturated rings. The van der Waals surface area contributed by atoms with Crippen LogP contribution in [0.15, 0.2) is 47.6 Å². The monoisotopic (exact) mass is 348 g/mol. The molecule has 1 heterocycles. The van der Waals surface area contributed by atoms with Crippen molar-refractivity contribution in [1.82, 2.24) is 14.7 Å². The average molecular weight is 348 g/mol. The number of nitrogens with two attached hydrogens (primary N) is 1. The van der Waals surface area contributed by atoms with Crippen LogP contribution >= 0.6 is 0 Å². The van der Waals surface area contributed by atoms with Crippen molar-refractivity contribution in [3.63, 3.8) is 0 Å². The van der Waals surface area contributed by atoms with E-state index >= 15 is 0 Å². The van der Waals surface area contributed by atoms with Gasteiger partial charge >= 0.3 is 0 Å². The van der Waals surface area contributed by atoms with E-state index in [0.29, 0.717) is 0 Å². The summed E-state index contributed by atoms with van der Waals surface area (Å²) >= 11 is 0. The highest BCUT2D eigenvalue weighted by atomic mass is 32.2. The van der Waals surface area contributed by atoms with Gasteiger partial charge in [0.05, 0.1) is 17.1 Å². The number of likely N-dealkylation sites (N-methyl/N-ethyl adjacent to an activating group) is 1. The molecule has 24 heavy (non-hydrogen) atoms. The number of primary sulfonamides is 1. The summed E-state index contributed by atoms with van der Waals surface area (Å²) in [5.74, 6) is -0.165. The molecule has 2 N–H and O–H groups in total. The van der Waals surface area contributed by atoms with Crippen LogP contribution in [0.4, 0.5) is 0 Å². The minimum absolute atomic E-state index is 0.0453. The predicted molar refractivity (Wildman–Crippen MR) is 91.2 cm³/mol. The van der Waals surface area contributed by atoms with Gasteiger partial charge in [0, 0.05) is 31.9 Å². The highest BCUT2D eigenvalue weighted by molar-refractivity contribution is 7.89. The van der Waals surface area contributed by atoms with E-state index in [0.717, 1.165) is 11.1 Å². The number of amides is 1. The van der Waals surface area contributed by atoms with Crippen LogP contribution in [0.1, 0.15) is 24.1 Å². The lowest BCUT2D eigenvalue weighted by atomic mass is 10.1. The molecule has 0 spiro atoms. The molecule has 0 aliphatic heterocycles. The quantitative estimate of drug-likeness (QED) is 0.823. The minimum atomic E-state index is -3.72. The first kappa shape index (κ1) is 17.9. The molecule has 1 amide bonds. The van der Waals surface area contributed by atoms with E-state index in [2.05, 4.69) is 5.10 Å². The molecule has 0 saturated heterocycles. The zero-order chi connectivity index (χ0) is 17.9. The normalized spacial score (nSPS) is 13.2. The van der Waals surface area contributed by atoms with Gasteiger partial charge in [-0.05, 0) is 30.7 Å². The van der Waals surface area contributed by atoms with E-state index in [1.807, 2.05) is 6.92 Å². The molecule has 2 aromatic rings. The Hall–Kier alpha value is -2.45. The van der Waals surface area contributed by atoms with Gasteiger partial charge in [-0.3, -0.25) is 9.48 Å². The molecule has 2 rings (SSSR count). The van der Waals surface area contributed by atoms with Gasteiger partial charge in [-0.1, -0.05) is 12.1 Å². The third-order valence-corrected chi connectivity index (χ3v) is 4.69. The smallest absolute Gasteiger partial charge is 0.246 e. The van der Waals surface area contributed by atoms with E-state index in [9.17, 15) is 13.2 Å². The van der Waals surface area contributed by atoms with E-state index < -0.39 is 10.0 Å². The molecule has 1 aromatic carbocycles. The molecule has 128 valence electrons. The maximum atomic E-state index is 12.3. The van der Waals surface area contributed by atoms with Crippen LogP contribution in [0.3, 0.4) is 0 Å². The Kier molecular flexibility index (Phi) is 5.20. The molecule has 0 radical (unpaired) electrons. The number of aryl methyl sites for hydroxylation is 1. The Morgan fingerprint density at radius 2 is 1.96 bits per heavy atom. The van der Waals surface area contributed by atoms with Crippen molar-refractivity contribution < 1.29 is 13.2 Å². The average Bonchev–Trinajstić information content (AvgIpc) is 2.96. The Balaban J connectivity index is 2.09. The number of benzene rings is 1. The second-order valence-electron chi connectivity index (χ2n) is 5.52. The largest absolute Gasteiger partial charge is 0.335 e. The first-order valence-electron chi connectivity index (χ1n) is 7.25. The number of nitrogens with zero attached hydrogens (tertiary/aromatic N) is 3. The summed E-state index contributed by atoms with van der Waals surface area (Å²) in [7, 11) is -0.226. The van der Waals surface area contributed by atoms with Gasteiger partial charge in [-0.2, -0.15) is 5.10 Å². The second kappa shape index (κ2) is 6.98. The van der Waals surface area contributed by atoms with E-state index in [1.54, 1.807) is 54.3 Å². The summed E-state index contributed by atoms with van der Waals surface area (Å²) in [4.78, 5) is 13.9. The lowest BCUT2D eigenvalue weighted by molar-refractivity contribution is -0.126. The summed E-state index contributed by atoms with van der Waals surface area (Å²) in [6, 6.07) is 5.96. The summed E-state index contributed by atoms with van der Waals surface area (Å²) in [5.41, 5.74) is 1.65. The van der Waals surface area contributed by atoms with Crippen LogP contribution in [0, 0.1) is 0 Å². The number of aromatic nitrogens is 2. The van der Waals surface area contributed by atoms with E-state index in [1.165, 1.54) is 18.2 Å². The zero-order valence-corrected chi connectivity index (χ0v) is 14.6. The molecule has 0 saturated carbocycles. The van der Waals surface area contributed by atoms with Crippen molar-refractivity contribution in [3.8, 4) is 0 Å². The fourth-order valence-corrected chi connectivity index (χ4v) is 2.68. The molecule has 1 atom stereocenters. The Morgan fingerprint density at radius 1 is 1.33 bits per heavy atom. The first-order chi connectivity index (χ1) is 11.2. The van der Waals surface area contributed by atoms with Crippen molar-refractivity contribution in [3.05, 3.63) is 53.9 Å². The second-order valence-corrected chi connectivity index (χ2v) is 7.08. The molecule has 0 unspecified atom stereocenters. The van der Waals surface area contributed by atoms with Gasteiger partial charge in [0.1, 0.15) is 0 Å². The maximum Gasteiger partial charge on any atom is 0.246 e. The number of carbonyl (C=O) groups is 1. The lowest BCUT2D eigenvalue weighted by Crippen LogP contribution is -2.28. The summed E-state index contributed by atoms with van der Waals surface area (Å²) in [5, 5.41) is 9.11. The number of sulfonamides is 1. The van der Waals surface area contributed by atoms with Crippen LogP contribution in [0.2, 0.25) is 0 Å². The summed E-state index contributed by atoms with van der Waals surface area (Å²) < 4.78 is 24.2. The van der Waals surface area contributed by atoms with Gasteiger partial charge < -0.3 is 4.90 Å². The fraction of sp³-hybridized carbons (Fsp3) is 0.250. The van der Waals surface area contributed by atoms with Crippen LogP contribution in [0.5, 0.6) is 0 Å². The number of carbonyl (C=O) groups excluding carboxylic acids is 1. The Bertz CT molecular complexity index is 854. The number of rotatable bonds is 5. The van der Waals surface area contributed by atoms with E-state index in [-0.39, 0.29) is 16.8 Å². The van der Waals surface area contributed by atoms with Crippen molar-refractivity contribution >= 4 is 22.0 Å². The summed E-state index contributed by atoms with van der Waals surface area (Å²) in [6.45, 7) is 1.86. The van der Waals surface area contributed by atoms with Crippen LogP contribution in [-0.2, 0) is 21.9 Å². The predicted octanol–water partition coefficient (Wildman–Crippen LogP) is 1.30. The van der Waals surface area contributed by atoms with Crippen molar-refractivity contribution in [2.75, 3.05) is 7.05 Å². The number of hydrogen-bond donors (Lipinski definition) is 1. The molecule has 1 aromatic heterocycles.